The number of aromatic nitrogens is 1. The Morgan fingerprint density at radius 1 is 0.905 bits per heavy atom. The van der Waals surface area contributed by atoms with Crippen LogP contribution in [0.5, 0.6) is 0 Å². The number of aryl methyl sites for hydroxylation is 1. The number of pyridine rings is 1. The number of fused-ring (bicyclic) bond motifs is 2. The van der Waals surface area contributed by atoms with E-state index in [4.69, 9.17) is 4.74 Å². The molecular weight excluding hydrogens is 651 g/mol. The van der Waals surface area contributed by atoms with Gasteiger partial charge >= 0.3 is 0 Å². The highest BCUT2D eigenvalue weighted by Gasteiger charge is 2.25. The number of hydrogen-bond donors (Lipinski definition) is 0. The molecule has 1 fully saturated rings. The molecule has 0 aliphatic carbocycles. The van der Waals surface area contributed by atoms with Gasteiger partial charge in [0.05, 0.1) is 29.3 Å². The number of thioether (sulfide) groups is 1. The van der Waals surface area contributed by atoms with Gasteiger partial charge in [0.2, 0.25) is 11.2 Å². The Kier molecular flexibility index (Phi) is 10.3. The molecule has 218 valence electrons. The molecule has 0 N–H and O–H groups in total. The Hall–Kier alpha value is -2.85. The number of ether oxygens (including phenoxy) is 1. The average Bonchev–Trinajstić information content (AvgIpc) is 3.35. The smallest absolute Gasteiger partial charge is 0.213 e. The van der Waals surface area contributed by atoms with E-state index < -0.39 is 0 Å². The van der Waals surface area contributed by atoms with Crippen LogP contribution >= 0.6 is 11.8 Å². The standard InChI is InChI=1S/C35H39N4OS.HI/c1-36(2)29-16-13-27(14-17-29)15-18-30-25-28(31-9-4-5-10-32(31)37(30)3)26-35-39(33-11-6-7-12-34(33)41-35)20-8-19-38-21-23-40-24-22-38;/h4-7,9-18,25-26H,8,19-24H2,1-3H3;1H/q+1;/p-1. The zero-order chi connectivity index (χ0) is 28.2. The molecule has 5 nitrogen and oxygen atoms in total. The molecule has 6 rings (SSSR count). The molecule has 0 atom stereocenters. The number of morpholine rings is 1. The summed E-state index contributed by atoms with van der Waals surface area (Å²) in [5.74, 6) is 0. The van der Waals surface area contributed by atoms with Gasteiger partial charge in [0.15, 0.2) is 0 Å². The van der Waals surface area contributed by atoms with Crippen molar-refractivity contribution in [3.05, 3.63) is 101 Å². The quantitative estimate of drug-likeness (QED) is 0.208. The van der Waals surface area contributed by atoms with Crippen molar-refractivity contribution in [2.45, 2.75) is 11.3 Å². The van der Waals surface area contributed by atoms with E-state index in [-0.39, 0.29) is 24.0 Å². The first-order valence-electron chi connectivity index (χ1n) is 14.5. The van der Waals surface area contributed by atoms with Gasteiger partial charge in [-0.2, -0.15) is 4.57 Å². The van der Waals surface area contributed by atoms with Crippen LogP contribution in [0, 0.1) is 0 Å². The number of benzene rings is 3. The highest BCUT2D eigenvalue weighted by molar-refractivity contribution is 8.03. The summed E-state index contributed by atoms with van der Waals surface area (Å²) in [5, 5.41) is 2.56. The molecule has 0 bridgehead atoms. The van der Waals surface area contributed by atoms with Gasteiger partial charge in [0, 0.05) is 69.1 Å². The summed E-state index contributed by atoms with van der Waals surface area (Å²) in [4.78, 5) is 8.50. The molecular formula is C35H39IN4OS. The van der Waals surface area contributed by atoms with E-state index in [2.05, 4.69) is 138 Å². The summed E-state index contributed by atoms with van der Waals surface area (Å²) in [5.41, 5.74) is 7.36. The SMILES string of the molecule is CN(C)c1ccc(/C=C/c2cc(/C=C3\Sc4ccccc4N3CCCN3CCOCC3)c3ccccc3[n+]2C)cc1.[I-]. The van der Waals surface area contributed by atoms with Gasteiger partial charge in [-0.25, -0.2) is 0 Å². The average molecular weight is 691 g/mol. The second-order valence-corrected chi connectivity index (χ2v) is 12.0. The number of anilines is 2. The Morgan fingerprint density at radius 2 is 1.64 bits per heavy atom. The van der Waals surface area contributed by atoms with Crippen LogP contribution in [0.3, 0.4) is 0 Å². The van der Waals surface area contributed by atoms with Crippen molar-refractivity contribution >= 4 is 52.3 Å². The lowest BCUT2D eigenvalue weighted by Gasteiger charge is -2.28. The third-order valence-corrected chi connectivity index (χ3v) is 9.11. The van der Waals surface area contributed by atoms with Crippen molar-refractivity contribution in [2.75, 3.05) is 63.3 Å². The van der Waals surface area contributed by atoms with Crippen molar-refractivity contribution in [3.63, 3.8) is 0 Å². The lowest BCUT2D eigenvalue weighted by molar-refractivity contribution is -0.646. The summed E-state index contributed by atoms with van der Waals surface area (Å²) in [6.07, 6.45) is 7.95. The molecule has 1 saturated heterocycles. The number of para-hydroxylation sites is 2. The van der Waals surface area contributed by atoms with Crippen LogP contribution < -0.4 is 38.3 Å². The third kappa shape index (κ3) is 6.86. The summed E-state index contributed by atoms with van der Waals surface area (Å²) < 4.78 is 7.84. The van der Waals surface area contributed by atoms with Crippen LogP contribution in [0.25, 0.3) is 29.1 Å². The van der Waals surface area contributed by atoms with Gasteiger partial charge in [0.25, 0.3) is 0 Å². The van der Waals surface area contributed by atoms with Gasteiger partial charge in [-0.1, -0.05) is 48.2 Å². The lowest BCUT2D eigenvalue weighted by atomic mass is 10.1. The summed E-state index contributed by atoms with van der Waals surface area (Å²) in [6, 6.07) is 28.6. The molecule has 0 radical (unpaired) electrons. The second-order valence-electron chi connectivity index (χ2n) is 10.9. The maximum absolute atomic E-state index is 5.55. The van der Waals surface area contributed by atoms with E-state index >= 15 is 0 Å². The molecule has 42 heavy (non-hydrogen) atoms. The molecule has 4 aromatic rings. The van der Waals surface area contributed by atoms with Crippen molar-refractivity contribution < 1.29 is 33.3 Å². The van der Waals surface area contributed by atoms with Gasteiger partial charge < -0.3 is 38.5 Å². The third-order valence-electron chi connectivity index (χ3n) is 8.00. The maximum atomic E-state index is 5.55. The van der Waals surface area contributed by atoms with E-state index in [0.29, 0.717) is 0 Å². The minimum absolute atomic E-state index is 0. The normalized spacial score (nSPS) is 16.3. The molecule has 0 saturated carbocycles. The van der Waals surface area contributed by atoms with Crippen LogP contribution in [-0.2, 0) is 11.8 Å². The van der Waals surface area contributed by atoms with E-state index in [1.54, 1.807) is 0 Å². The molecule has 2 aliphatic heterocycles. The molecule has 0 unspecified atom stereocenters. The topological polar surface area (TPSA) is 22.8 Å². The summed E-state index contributed by atoms with van der Waals surface area (Å²) in [7, 11) is 6.30. The van der Waals surface area contributed by atoms with Crippen molar-refractivity contribution in [3.8, 4) is 0 Å². The van der Waals surface area contributed by atoms with Crippen molar-refractivity contribution in [2.24, 2.45) is 7.05 Å². The fourth-order valence-corrected chi connectivity index (χ4v) is 6.77. The fourth-order valence-electron chi connectivity index (χ4n) is 5.63. The van der Waals surface area contributed by atoms with Crippen molar-refractivity contribution in [1.82, 2.24) is 4.90 Å². The van der Waals surface area contributed by atoms with Crippen LogP contribution in [0.4, 0.5) is 11.4 Å². The van der Waals surface area contributed by atoms with Crippen molar-refractivity contribution in [1.29, 1.82) is 0 Å². The molecule has 1 aromatic heterocycles. The molecule has 0 spiro atoms. The Morgan fingerprint density at radius 3 is 2.43 bits per heavy atom. The number of nitrogens with zero attached hydrogens (tertiary/aromatic N) is 4. The van der Waals surface area contributed by atoms with Crippen LogP contribution in [0.1, 0.15) is 23.2 Å². The monoisotopic (exact) mass is 690 g/mol. The number of hydrogen-bond acceptors (Lipinski definition) is 5. The first-order chi connectivity index (χ1) is 20.1. The highest BCUT2D eigenvalue weighted by atomic mass is 127. The van der Waals surface area contributed by atoms with Gasteiger partial charge in [-0.3, -0.25) is 4.90 Å². The van der Waals surface area contributed by atoms with E-state index in [1.807, 2.05) is 11.8 Å². The van der Waals surface area contributed by atoms with E-state index in [9.17, 15) is 0 Å². The molecule has 0 amide bonds. The zero-order valence-corrected chi connectivity index (χ0v) is 27.6. The van der Waals surface area contributed by atoms with Gasteiger partial charge in [-0.05, 0) is 60.0 Å². The number of halogens is 1. The van der Waals surface area contributed by atoms with E-state index in [1.165, 1.54) is 49.0 Å². The number of rotatable bonds is 8. The second kappa shape index (κ2) is 14.1. The van der Waals surface area contributed by atoms with Gasteiger partial charge in [-0.15, -0.1) is 0 Å². The summed E-state index contributed by atoms with van der Waals surface area (Å²) in [6.45, 7) is 5.89. The Balaban J connectivity index is 0.00000353. The molecule has 2 aliphatic rings. The van der Waals surface area contributed by atoms with Crippen LogP contribution in [-0.4, -0.2) is 58.4 Å². The lowest BCUT2D eigenvalue weighted by Crippen LogP contribution is -3.00. The minimum atomic E-state index is 0. The predicted octanol–water partition coefficient (Wildman–Crippen LogP) is 3.54. The first-order valence-corrected chi connectivity index (χ1v) is 15.3. The minimum Gasteiger partial charge on any atom is -1.00 e. The first kappa shape index (κ1) is 30.6. The fraction of sp³-hybridized carbons (Fsp3) is 0.286. The maximum Gasteiger partial charge on any atom is 0.213 e. The summed E-state index contributed by atoms with van der Waals surface area (Å²) >= 11 is 1.88. The molecule has 3 aromatic carbocycles. The molecule has 3 heterocycles. The zero-order valence-electron chi connectivity index (χ0n) is 24.7. The highest BCUT2D eigenvalue weighted by Crippen LogP contribution is 2.46. The Bertz CT molecular complexity index is 1580. The van der Waals surface area contributed by atoms with Gasteiger partial charge in [0.1, 0.15) is 7.05 Å². The molecule has 7 heteroatoms. The van der Waals surface area contributed by atoms with Crippen LogP contribution in [0.15, 0.2) is 88.8 Å². The largest absolute Gasteiger partial charge is 1.00 e. The predicted molar refractivity (Wildman–Crippen MR) is 174 cm³/mol. The Labute approximate surface area is 271 Å². The van der Waals surface area contributed by atoms with E-state index in [0.717, 1.165) is 45.8 Å². The van der Waals surface area contributed by atoms with Crippen LogP contribution in [0.2, 0.25) is 0 Å².